The Balaban J connectivity index is 1.74. The molecule has 1 amide bonds. The Morgan fingerprint density at radius 1 is 1.17 bits per heavy atom. The minimum atomic E-state index is -0.0868. The molecule has 3 rings (SSSR count). The van der Waals surface area contributed by atoms with Crippen LogP contribution in [0, 0.1) is 0 Å². The van der Waals surface area contributed by atoms with Crippen molar-refractivity contribution in [1.29, 1.82) is 0 Å². The van der Waals surface area contributed by atoms with Gasteiger partial charge in [-0.05, 0) is 61.2 Å². The Morgan fingerprint density at radius 2 is 2.03 bits per heavy atom. The number of furan rings is 1. The van der Waals surface area contributed by atoms with Crippen LogP contribution in [0.15, 0.2) is 64.6 Å². The number of thiophene rings is 1. The zero-order valence-corrected chi connectivity index (χ0v) is 17.6. The molecule has 3 aromatic rings. The predicted octanol–water partition coefficient (Wildman–Crippen LogP) is 5.38. The average Bonchev–Trinajstić information content (AvgIpc) is 3.40. The molecule has 6 heteroatoms. The van der Waals surface area contributed by atoms with Crippen molar-refractivity contribution in [2.24, 2.45) is 0 Å². The van der Waals surface area contributed by atoms with Crippen molar-refractivity contribution in [3.63, 3.8) is 0 Å². The minimum absolute atomic E-state index is 0.0549. The van der Waals surface area contributed by atoms with E-state index >= 15 is 0 Å². The van der Waals surface area contributed by atoms with E-state index in [0.29, 0.717) is 24.6 Å². The molecule has 0 saturated carbocycles. The van der Waals surface area contributed by atoms with E-state index in [1.165, 1.54) is 0 Å². The van der Waals surface area contributed by atoms with E-state index in [4.69, 9.17) is 13.9 Å². The summed E-state index contributed by atoms with van der Waals surface area (Å²) in [6.07, 6.45) is 5.03. The maximum atomic E-state index is 12.9. The van der Waals surface area contributed by atoms with Crippen LogP contribution >= 0.6 is 11.3 Å². The van der Waals surface area contributed by atoms with Gasteiger partial charge in [0, 0.05) is 11.0 Å². The molecule has 0 aliphatic carbocycles. The second kappa shape index (κ2) is 9.98. The summed E-state index contributed by atoms with van der Waals surface area (Å²) >= 11 is 1.63. The van der Waals surface area contributed by atoms with Crippen LogP contribution in [0.3, 0.4) is 0 Å². The molecule has 0 fully saturated rings. The van der Waals surface area contributed by atoms with Gasteiger partial charge in [0.05, 0.1) is 32.6 Å². The minimum Gasteiger partial charge on any atom is -0.493 e. The highest BCUT2D eigenvalue weighted by molar-refractivity contribution is 7.09. The number of rotatable bonds is 9. The lowest BCUT2D eigenvalue weighted by atomic mass is 10.2. The number of hydrogen-bond donors (Lipinski definition) is 0. The molecule has 0 radical (unpaired) electrons. The largest absolute Gasteiger partial charge is 0.493 e. The highest BCUT2D eigenvalue weighted by Crippen LogP contribution is 2.29. The Hall–Kier alpha value is -2.99. The van der Waals surface area contributed by atoms with E-state index < -0.39 is 0 Å². The van der Waals surface area contributed by atoms with Gasteiger partial charge in [-0.2, -0.15) is 0 Å². The standard InChI is InChI=1S/C23H25NO4S/c1-17(2)28-21-10-8-18(14-22(21)26-3)9-11-23(25)24(15-19-6-4-12-27-19)16-20-7-5-13-29-20/h4-14,17H,15-16H2,1-3H3/b11-9+. The summed E-state index contributed by atoms with van der Waals surface area (Å²) < 4.78 is 16.6. The number of carbonyl (C=O) groups is 1. The van der Waals surface area contributed by atoms with Crippen LogP contribution < -0.4 is 9.47 Å². The first-order valence-electron chi connectivity index (χ1n) is 9.41. The number of hydrogen-bond acceptors (Lipinski definition) is 5. The second-order valence-corrected chi connectivity index (χ2v) is 7.80. The van der Waals surface area contributed by atoms with Crippen LogP contribution in [0.25, 0.3) is 6.08 Å². The summed E-state index contributed by atoms with van der Waals surface area (Å²) in [7, 11) is 1.60. The molecule has 0 aliphatic heterocycles. The van der Waals surface area contributed by atoms with Gasteiger partial charge in [0.1, 0.15) is 5.76 Å². The summed E-state index contributed by atoms with van der Waals surface area (Å²) in [6.45, 7) is 4.88. The smallest absolute Gasteiger partial charge is 0.247 e. The van der Waals surface area contributed by atoms with Crippen LogP contribution in [0.4, 0.5) is 0 Å². The fourth-order valence-corrected chi connectivity index (χ4v) is 3.52. The molecule has 5 nitrogen and oxygen atoms in total. The third kappa shape index (κ3) is 5.99. The molecule has 0 aliphatic rings. The van der Waals surface area contributed by atoms with Gasteiger partial charge >= 0.3 is 0 Å². The molecule has 0 spiro atoms. The van der Waals surface area contributed by atoms with E-state index in [2.05, 4.69) is 0 Å². The van der Waals surface area contributed by atoms with Gasteiger partial charge in [0.15, 0.2) is 11.5 Å². The number of ether oxygens (including phenoxy) is 2. The Morgan fingerprint density at radius 3 is 2.69 bits per heavy atom. The number of methoxy groups -OCH3 is 1. The maximum Gasteiger partial charge on any atom is 0.247 e. The average molecular weight is 412 g/mol. The van der Waals surface area contributed by atoms with Crippen molar-refractivity contribution in [3.8, 4) is 11.5 Å². The molecular formula is C23H25NO4S. The number of carbonyl (C=O) groups excluding carboxylic acids is 1. The second-order valence-electron chi connectivity index (χ2n) is 6.76. The number of amides is 1. The van der Waals surface area contributed by atoms with Gasteiger partial charge in [-0.25, -0.2) is 0 Å². The Bertz CT molecular complexity index is 894. The van der Waals surface area contributed by atoms with Crippen molar-refractivity contribution in [2.45, 2.75) is 33.0 Å². The van der Waals surface area contributed by atoms with E-state index in [1.807, 2.05) is 61.7 Å². The normalized spacial score (nSPS) is 11.2. The van der Waals surface area contributed by atoms with Gasteiger partial charge in [-0.3, -0.25) is 4.79 Å². The molecule has 0 bridgehead atoms. The van der Waals surface area contributed by atoms with E-state index in [9.17, 15) is 4.79 Å². The van der Waals surface area contributed by atoms with Gasteiger partial charge in [-0.15, -0.1) is 11.3 Å². The first-order valence-corrected chi connectivity index (χ1v) is 10.3. The predicted molar refractivity (Wildman–Crippen MR) is 115 cm³/mol. The molecule has 0 atom stereocenters. The molecule has 1 aromatic carbocycles. The molecular weight excluding hydrogens is 386 g/mol. The van der Waals surface area contributed by atoms with E-state index in [-0.39, 0.29) is 12.0 Å². The van der Waals surface area contributed by atoms with Crippen molar-refractivity contribution in [3.05, 3.63) is 76.4 Å². The number of benzene rings is 1. The lowest BCUT2D eigenvalue weighted by Gasteiger charge is -2.19. The molecule has 0 N–H and O–H groups in total. The summed E-state index contributed by atoms with van der Waals surface area (Å²) in [5.41, 5.74) is 0.861. The summed E-state index contributed by atoms with van der Waals surface area (Å²) in [4.78, 5) is 15.8. The van der Waals surface area contributed by atoms with E-state index in [0.717, 1.165) is 16.2 Å². The maximum absolute atomic E-state index is 12.9. The molecule has 0 unspecified atom stereocenters. The monoisotopic (exact) mass is 411 g/mol. The first-order chi connectivity index (χ1) is 14.0. The fraction of sp³-hybridized carbons (Fsp3) is 0.261. The third-order valence-electron chi connectivity index (χ3n) is 4.13. The van der Waals surface area contributed by atoms with Gasteiger partial charge < -0.3 is 18.8 Å². The Kier molecular flexibility index (Phi) is 7.14. The molecule has 29 heavy (non-hydrogen) atoms. The summed E-state index contributed by atoms with van der Waals surface area (Å²) in [6, 6.07) is 13.3. The molecule has 2 heterocycles. The highest BCUT2D eigenvalue weighted by Gasteiger charge is 2.14. The van der Waals surface area contributed by atoms with Crippen LogP contribution in [-0.2, 0) is 17.9 Å². The zero-order valence-electron chi connectivity index (χ0n) is 16.8. The van der Waals surface area contributed by atoms with Crippen LogP contribution in [0.5, 0.6) is 11.5 Å². The lowest BCUT2D eigenvalue weighted by molar-refractivity contribution is -0.127. The van der Waals surface area contributed by atoms with Crippen LogP contribution in [0.1, 0.15) is 30.0 Å². The molecule has 0 saturated heterocycles. The number of nitrogens with zero attached hydrogens (tertiary/aromatic N) is 1. The molecule has 2 aromatic heterocycles. The topological polar surface area (TPSA) is 51.9 Å². The third-order valence-corrected chi connectivity index (χ3v) is 5.00. The lowest BCUT2D eigenvalue weighted by Crippen LogP contribution is -2.27. The summed E-state index contributed by atoms with van der Waals surface area (Å²) in [5, 5.41) is 2.01. The fourth-order valence-electron chi connectivity index (χ4n) is 2.81. The van der Waals surface area contributed by atoms with Gasteiger partial charge in [-0.1, -0.05) is 12.1 Å². The van der Waals surface area contributed by atoms with Crippen molar-refractivity contribution >= 4 is 23.3 Å². The van der Waals surface area contributed by atoms with Gasteiger partial charge in [0.2, 0.25) is 5.91 Å². The Labute approximate surface area is 175 Å². The van der Waals surface area contributed by atoms with Crippen molar-refractivity contribution in [2.75, 3.05) is 7.11 Å². The van der Waals surface area contributed by atoms with E-state index in [1.54, 1.807) is 41.8 Å². The van der Waals surface area contributed by atoms with Crippen LogP contribution in [0.2, 0.25) is 0 Å². The highest BCUT2D eigenvalue weighted by atomic mass is 32.1. The SMILES string of the molecule is COc1cc(/C=C/C(=O)N(Cc2ccco2)Cc2cccs2)ccc1OC(C)C. The van der Waals surface area contributed by atoms with Gasteiger partial charge in [0.25, 0.3) is 0 Å². The summed E-state index contributed by atoms with van der Waals surface area (Å²) in [5.74, 6) is 1.99. The quantitative estimate of drug-likeness (QED) is 0.444. The van der Waals surface area contributed by atoms with Crippen molar-refractivity contribution in [1.82, 2.24) is 4.90 Å². The zero-order chi connectivity index (χ0) is 20.6. The molecule has 152 valence electrons. The van der Waals surface area contributed by atoms with Crippen molar-refractivity contribution < 1.29 is 18.7 Å². The first kappa shape index (κ1) is 20.7. The van der Waals surface area contributed by atoms with Crippen LogP contribution in [-0.4, -0.2) is 24.0 Å².